The van der Waals surface area contributed by atoms with Crippen molar-refractivity contribution in [2.45, 2.75) is 32.4 Å². The molecule has 2 aliphatic rings. The van der Waals surface area contributed by atoms with Crippen molar-refractivity contribution >= 4 is 5.91 Å². The van der Waals surface area contributed by atoms with Crippen LogP contribution in [-0.4, -0.2) is 62.4 Å². The van der Waals surface area contributed by atoms with Gasteiger partial charge in [0.25, 0.3) is 0 Å². The van der Waals surface area contributed by atoms with Crippen LogP contribution in [0, 0.1) is 5.92 Å². The lowest BCUT2D eigenvalue weighted by Gasteiger charge is -2.33. The fourth-order valence-corrected chi connectivity index (χ4v) is 2.58. The molecule has 2 heterocycles. The van der Waals surface area contributed by atoms with Gasteiger partial charge in [-0.2, -0.15) is 0 Å². The summed E-state index contributed by atoms with van der Waals surface area (Å²) in [6, 6.07) is 0.176. The van der Waals surface area contributed by atoms with Gasteiger partial charge < -0.3 is 19.7 Å². The average Bonchev–Trinajstić information content (AvgIpc) is 2.83. The molecule has 0 spiro atoms. The number of ether oxygens (including phenoxy) is 2. The quantitative estimate of drug-likeness (QED) is 0.783. The highest BCUT2D eigenvalue weighted by Gasteiger charge is 2.37. The summed E-state index contributed by atoms with van der Waals surface area (Å²) in [5.74, 6) is 0.193. The van der Waals surface area contributed by atoms with Gasteiger partial charge in [-0.3, -0.25) is 4.79 Å². The van der Waals surface area contributed by atoms with E-state index in [1.54, 1.807) is 0 Å². The molecule has 1 N–H and O–H groups in total. The summed E-state index contributed by atoms with van der Waals surface area (Å²) in [5, 5.41) is 3.41. The molecule has 18 heavy (non-hydrogen) atoms. The first-order valence-electron chi connectivity index (χ1n) is 6.94. The Kier molecular flexibility index (Phi) is 4.97. The van der Waals surface area contributed by atoms with Crippen LogP contribution in [0.4, 0.5) is 0 Å². The van der Waals surface area contributed by atoms with Crippen LogP contribution in [0.3, 0.4) is 0 Å². The Bertz CT molecular complexity index is 285. The minimum Gasteiger partial charge on any atom is -0.379 e. The van der Waals surface area contributed by atoms with Crippen LogP contribution < -0.4 is 5.32 Å². The van der Waals surface area contributed by atoms with Crippen LogP contribution in [0.2, 0.25) is 0 Å². The number of morpholine rings is 1. The predicted octanol–water partition coefficient (Wildman–Crippen LogP) is 0.248. The third-order valence-corrected chi connectivity index (χ3v) is 3.61. The van der Waals surface area contributed by atoms with Gasteiger partial charge in [-0.15, -0.1) is 0 Å². The summed E-state index contributed by atoms with van der Waals surface area (Å²) in [6.45, 7) is 8.34. The number of hydrogen-bond donors (Lipinski definition) is 1. The fourth-order valence-electron chi connectivity index (χ4n) is 2.58. The van der Waals surface area contributed by atoms with Crippen molar-refractivity contribution in [3.05, 3.63) is 0 Å². The van der Waals surface area contributed by atoms with E-state index in [4.69, 9.17) is 9.47 Å². The Morgan fingerprint density at radius 1 is 1.44 bits per heavy atom. The molecule has 2 saturated heterocycles. The van der Waals surface area contributed by atoms with Crippen LogP contribution in [0.15, 0.2) is 0 Å². The smallest absolute Gasteiger partial charge is 0.229 e. The lowest BCUT2D eigenvalue weighted by Crippen LogP contribution is -2.51. The molecule has 0 radical (unpaired) electrons. The van der Waals surface area contributed by atoms with Crippen LogP contribution in [0.5, 0.6) is 0 Å². The number of rotatable bonds is 4. The molecule has 2 rings (SSSR count). The van der Waals surface area contributed by atoms with E-state index in [1.165, 1.54) is 0 Å². The molecule has 0 aliphatic carbocycles. The predicted molar refractivity (Wildman–Crippen MR) is 68.4 cm³/mol. The van der Waals surface area contributed by atoms with E-state index in [-0.39, 0.29) is 24.0 Å². The van der Waals surface area contributed by atoms with Gasteiger partial charge in [0.2, 0.25) is 5.91 Å². The molecule has 1 amide bonds. The van der Waals surface area contributed by atoms with Crippen molar-refractivity contribution in [1.82, 2.24) is 10.2 Å². The van der Waals surface area contributed by atoms with E-state index in [9.17, 15) is 4.79 Å². The molecule has 2 aliphatic heterocycles. The molecule has 3 unspecified atom stereocenters. The molecule has 0 saturated carbocycles. The van der Waals surface area contributed by atoms with Crippen LogP contribution in [0.25, 0.3) is 0 Å². The Morgan fingerprint density at radius 2 is 2.28 bits per heavy atom. The van der Waals surface area contributed by atoms with Gasteiger partial charge in [0.15, 0.2) is 0 Å². The van der Waals surface area contributed by atoms with Crippen molar-refractivity contribution in [1.29, 1.82) is 0 Å². The Balaban J connectivity index is 1.90. The normalized spacial score (nSPS) is 32.8. The van der Waals surface area contributed by atoms with E-state index in [0.717, 1.165) is 13.0 Å². The second-order valence-electron chi connectivity index (χ2n) is 5.17. The summed E-state index contributed by atoms with van der Waals surface area (Å²) in [7, 11) is 0. The molecule has 0 aromatic heterocycles. The highest BCUT2D eigenvalue weighted by molar-refractivity contribution is 5.80. The SMILES string of the molecule is CCCNC1COCC1C(=O)N1CCOC(C)C1. The maximum atomic E-state index is 12.5. The van der Waals surface area contributed by atoms with Gasteiger partial charge in [-0.1, -0.05) is 6.92 Å². The maximum Gasteiger partial charge on any atom is 0.229 e. The minimum atomic E-state index is -0.0261. The zero-order valence-electron chi connectivity index (χ0n) is 11.4. The number of amides is 1. The first kappa shape index (κ1) is 13.8. The minimum absolute atomic E-state index is 0.0261. The van der Waals surface area contributed by atoms with Crippen molar-refractivity contribution in [2.75, 3.05) is 39.5 Å². The highest BCUT2D eigenvalue weighted by Crippen LogP contribution is 2.18. The summed E-state index contributed by atoms with van der Waals surface area (Å²) in [4.78, 5) is 14.4. The first-order chi connectivity index (χ1) is 8.72. The second kappa shape index (κ2) is 6.50. The van der Waals surface area contributed by atoms with Gasteiger partial charge in [0, 0.05) is 19.1 Å². The summed E-state index contributed by atoms with van der Waals surface area (Å²) in [6.07, 6.45) is 1.22. The number of carbonyl (C=O) groups excluding carboxylic acids is 1. The third-order valence-electron chi connectivity index (χ3n) is 3.61. The van der Waals surface area contributed by atoms with E-state index < -0.39 is 0 Å². The van der Waals surface area contributed by atoms with Crippen LogP contribution in [0.1, 0.15) is 20.3 Å². The second-order valence-corrected chi connectivity index (χ2v) is 5.17. The highest BCUT2D eigenvalue weighted by atomic mass is 16.5. The van der Waals surface area contributed by atoms with Gasteiger partial charge in [-0.05, 0) is 19.9 Å². The molecule has 0 bridgehead atoms. The van der Waals surface area contributed by atoms with E-state index in [0.29, 0.717) is 32.9 Å². The van der Waals surface area contributed by atoms with Crippen molar-refractivity contribution in [3.63, 3.8) is 0 Å². The fraction of sp³-hybridized carbons (Fsp3) is 0.923. The van der Waals surface area contributed by atoms with Gasteiger partial charge >= 0.3 is 0 Å². The van der Waals surface area contributed by atoms with Crippen LogP contribution >= 0.6 is 0 Å². The van der Waals surface area contributed by atoms with E-state index in [1.807, 2.05) is 11.8 Å². The zero-order valence-corrected chi connectivity index (χ0v) is 11.4. The lowest BCUT2D eigenvalue weighted by atomic mass is 10.0. The number of hydrogen-bond acceptors (Lipinski definition) is 4. The largest absolute Gasteiger partial charge is 0.379 e. The van der Waals surface area contributed by atoms with Crippen molar-refractivity contribution in [3.8, 4) is 0 Å². The molecule has 5 nitrogen and oxygen atoms in total. The topological polar surface area (TPSA) is 50.8 Å². The van der Waals surface area contributed by atoms with Crippen LogP contribution in [-0.2, 0) is 14.3 Å². The first-order valence-corrected chi connectivity index (χ1v) is 6.94. The third kappa shape index (κ3) is 3.22. The lowest BCUT2D eigenvalue weighted by molar-refractivity contribution is -0.143. The summed E-state index contributed by atoms with van der Waals surface area (Å²) >= 11 is 0. The summed E-state index contributed by atoms with van der Waals surface area (Å²) < 4.78 is 10.9. The molecule has 0 aromatic rings. The molecule has 3 atom stereocenters. The maximum absolute atomic E-state index is 12.5. The number of nitrogens with zero attached hydrogens (tertiary/aromatic N) is 1. The van der Waals surface area contributed by atoms with Crippen molar-refractivity contribution in [2.24, 2.45) is 5.92 Å². The molecule has 2 fully saturated rings. The molecule has 0 aromatic carbocycles. The van der Waals surface area contributed by atoms with Gasteiger partial charge in [0.05, 0.1) is 31.8 Å². The Hall–Kier alpha value is -0.650. The molecule has 5 heteroatoms. The summed E-state index contributed by atoms with van der Waals surface area (Å²) in [5.41, 5.74) is 0. The van der Waals surface area contributed by atoms with Gasteiger partial charge in [0.1, 0.15) is 0 Å². The number of nitrogens with one attached hydrogen (secondary N) is 1. The molecular formula is C13H24N2O3. The average molecular weight is 256 g/mol. The standard InChI is InChI=1S/C13H24N2O3/c1-3-4-14-12-9-17-8-11(12)13(16)15-5-6-18-10(2)7-15/h10-12,14H,3-9H2,1-2H3. The van der Waals surface area contributed by atoms with E-state index >= 15 is 0 Å². The Labute approximate surface area is 109 Å². The van der Waals surface area contributed by atoms with Crippen molar-refractivity contribution < 1.29 is 14.3 Å². The monoisotopic (exact) mass is 256 g/mol. The number of carbonyl (C=O) groups is 1. The van der Waals surface area contributed by atoms with Gasteiger partial charge in [-0.25, -0.2) is 0 Å². The molecule has 104 valence electrons. The Morgan fingerprint density at radius 3 is 3.00 bits per heavy atom. The molecular weight excluding hydrogens is 232 g/mol. The zero-order chi connectivity index (χ0) is 13.0. The van der Waals surface area contributed by atoms with E-state index in [2.05, 4.69) is 12.2 Å².